The van der Waals surface area contributed by atoms with Crippen LogP contribution >= 0.6 is 0 Å². The second kappa shape index (κ2) is 5.24. The van der Waals surface area contributed by atoms with Gasteiger partial charge in [-0.2, -0.15) is 0 Å². The number of hydrogen-bond donors (Lipinski definition) is 1. The minimum absolute atomic E-state index is 0.609. The van der Waals surface area contributed by atoms with Crippen molar-refractivity contribution in [2.24, 2.45) is 0 Å². The molecular formula is C10H13NO3. The van der Waals surface area contributed by atoms with E-state index in [-0.39, 0.29) is 0 Å². The number of aliphatic carboxylic acids is 1. The number of carboxylic acids is 1. The first-order valence-electron chi connectivity index (χ1n) is 4.27. The Morgan fingerprint density at radius 1 is 1.71 bits per heavy atom. The average Bonchev–Trinajstić information content (AvgIpc) is 2.56. The molecule has 0 aliphatic carbocycles. The van der Waals surface area contributed by atoms with Crippen molar-refractivity contribution in [1.82, 2.24) is 4.90 Å². The first kappa shape index (κ1) is 10.5. The maximum Gasteiger partial charge on any atom is 0.328 e. The van der Waals surface area contributed by atoms with Gasteiger partial charge in [-0.1, -0.05) is 6.08 Å². The Balaban J connectivity index is 2.29. The SMILES string of the molecule is CN(CC=CC(=O)O)Cc1ccoc1. The van der Waals surface area contributed by atoms with Crippen LogP contribution < -0.4 is 0 Å². The number of nitrogens with zero attached hydrogens (tertiary/aromatic N) is 1. The third-order valence-corrected chi connectivity index (χ3v) is 1.71. The Morgan fingerprint density at radius 2 is 2.50 bits per heavy atom. The molecule has 0 spiro atoms. The summed E-state index contributed by atoms with van der Waals surface area (Å²) in [7, 11) is 1.92. The highest BCUT2D eigenvalue weighted by Gasteiger charge is 1.98. The summed E-state index contributed by atoms with van der Waals surface area (Å²) in [6.45, 7) is 1.36. The Bertz CT molecular complexity index is 303. The first-order chi connectivity index (χ1) is 6.68. The summed E-state index contributed by atoms with van der Waals surface area (Å²) in [5.41, 5.74) is 1.08. The van der Waals surface area contributed by atoms with Crippen LogP contribution in [0.5, 0.6) is 0 Å². The minimum atomic E-state index is -0.915. The highest BCUT2D eigenvalue weighted by Crippen LogP contribution is 2.03. The molecule has 0 aliphatic heterocycles. The number of carbonyl (C=O) groups is 1. The molecule has 1 heterocycles. The summed E-state index contributed by atoms with van der Waals surface area (Å²) in [4.78, 5) is 12.2. The lowest BCUT2D eigenvalue weighted by molar-refractivity contribution is -0.131. The van der Waals surface area contributed by atoms with Crippen LogP contribution in [0.15, 0.2) is 35.2 Å². The fraction of sp³-hybridized carbons (Fsp3) is 0.300. The van der Waals surface area contributed by atoms with Gasteiger partial charge in [-0.25, -0.2) is 4.79 Å². The van der Waals surface area contributed by atoms with Crippen LogP contribution in [-0.4, -0.2) is 29.6 Å². The highest BCUT2D eigenvalue weighted by atomic mass is 16.4. The maximum absolute atomic E-state index is 10.2. The molecule has 0 unspecified atom stereocenters. The van der Waals surface area contributed by atoms with E-state index in [1.807, 2.05) is 18.0 Å². The van der Waals surface area contributed by atoms with Crippen LogP contribution in [0.3, 0.4) is 0 Å². The van der Waals surface area contributed by atoms with Gasteiger partial charge in [-0.15, -0.1) is 0 Å². The van der Waals surface area contributed by atoms with E-state index in [9.17, 15) is 4.79 Å². The number of carboxylic acid groups (broad SMARTS) is 1. The van der Waals surface area contributed by atoms with E-state index in [1.54, 1.807) is 18.6 Å². The summed E-state index contributed by atoms with van der Waals surface area (Å²) in [6.07, 6.45) is 6.06. The summed E-state index contributed by atoms with van der Waals surface area (Å²) in [5.74, 6) is -0.915. The molecule has 0 radical (unpaired) electrons. The molecule has 1 aromatic rings. The summed E-state index contributed by atoms with van der Waals surface area (Å²) in [6, 6.07) is 1.89. The molecule has 0 bridgehead atoms. The standard InChI is InChI=1S/C10H13NO3/c1-11(5-2-3-10(12)13)7-9-4-6-14-8-9/h2-4,6,8H,5,7H2,1H3,(H,12,13). The predicted molar refractivity (Wildman–Crippen MR) is 51.8 cm³/mol. The zero-order valence-electron chi connectivity index (χ0n) is 8.01. The van der Waals surface area contributed by atoms with E-state index in [0.717, 1.165) is 18.2 Å². The van der Waals surface area contributed by atoms with Crippen molar-refractivity contribution in [2.45, 2.75) is 6.54 Å². The molecule has 0 aliphatic rings. The smallest absolute Gasteiger partial charge is 0.328 e. The fourth-order valence-corrected chi connectivity index (χ4v) is 1.09. The van der Waals surface area contributed by atoms with Crippen LogP contribution in [0.4, 0.5) is 0 Å². The number of hydrogen-bond acceptors (Lipinski definition) is 3. The van der Waals surface area contributed by atoms with E-state index < -0.39 is 5.97 Å². The molecular weight excluding hydrogens is 182 g/mol. The first-order valence-corrected chi connectivity index (χ1v) is 4.27. The van der Waals surface area contributed by atoms with Crippen LogP contribution in [-0.2, 0) is 11.3 Å². The molecule has 0 aromatic carbocycles. The van der Waals surface area contributed by atoms with Crippen molar-refractivity contribution in [1.29, 1.82) is 0 Å². The Morgan fingerprint density at radius 3 is 3.07 bits per heavy atom. The minimum Gasteiger partial charge on any atom is -0.478 e. The van der Waals surface area contributed by atoms with Crippen molar-refractivity contribution >= 4 is 5.97 Å². The van der Waals surface area contributed by atoms with Gasteiger partial charge in [-0.3, -0.25) is 4.90 Å². The molecule has 0 amide bonds. The third-order valence-electron chi connectivity index (χ3n) is 1.71. The molecule has 1 rings (SSSR count). The molecule has 4 heteroatoms. The van der Waals surface area contributed by atoms with Gasteiger partial charge >= 0.3 is 5.97 Å². The van der Waals surface area contributed by atoms with Gasteiger partial charge < -0.3 is 9.52 Å². The third kappa shape index (κ3) is 3.91. The second-order valence-electron chi connectivity index (χ2n) is 3.07. The van der Waals surface area contributed by atoms with E-state index in [2.05, 4.69) is 0 Å². The molecule has 0 fully saturated rings. The van der Waals surface area contributed by atoms with Crippen molar-refractivity contribution in [2.75, 3.05) is 13.6 Å². The van der Waals surface area contributed by atoms with E-state index in [1.165, 1.54) is 0 Å². The fourth-order valence-electron chi connectivity index (χ4n) is 1.09. The largest absolute Gasteiger partial charge is 0.478 e. The lowest BCUT2D eigenvalue weighted by Gasteiger charge is -2.11. The van der Waals surface area contributed by atoms with Crippen LogP contribution in [0.2, 0.25) is 0 Å². The summed E-state index contributed by atoms with van der Waals surface area (Å²) in [5, 5.41) is 8.36. The number of rotatable bonds is 5. The van der Waals surface area contributed by atoms with Gasteiger partial charge in [0.05, 0.1) is 12.5 Å². The van der Waals surface area contributed by atoms with Crippen molar-refractivity contribution in [3.63, 3.8) is 0 Å². The van der Waals surface area contributed by atoms with Gasteiger partial charge in [0, 0.05) is 24.7 Å². The molecule has 1 aromatic heterocycles. The van der Waals surface area contributed by atoms with Crippen molar-refractivity contribution < 1.29 is 14.3 Å². The monoisotopic (exact) mass is 195 g/mol. The molecule has 76 valence electrons. The zero-order valence-corrected chi connectivity index (χ0v) is 8.01. The van der Waals surface area contributed by atoms with Gasteiger partial charge in [0.25, 0.3) is 0 Å². The Labute approximate surface area is 82.4 Å². The summed E-state index contributed by atoms with van der Waals surface area (Å²) >= 11 is 0. The molecule has 0 saturated carbocycles. The number of furan rings is 1. The van der Waals surface area contributed by atoms with Crippen LogP contribution in [0.25, 0.3) is 0 Å². The lowest BCUT2D eigenvalue weighted by atomic mass is 10.3. The van der Waals surface area contributed by atoms with Crippen molar-refractivity contribution in [3.8, 4) is 0 Å². The Hall–Kier alpha value is -1.55. The van der Waals surface area contributed by atoms with Crippen LogP contribution in [0.1, 0.15) is 5.56 Å². The normalized spacial score (nSPS) is 11.3. The predicted octanol–water partition coefficient (Wildman–Crippen LogP) is 1.35. The summed E-state index contributed by atoms with van der Waals surface area (Å²) < 4.78 is 4.92. The quantitative estimate of drug-likeness (QED) is 0.720. The lowest BCUT2D eigenvalue weighted by Crippen LogP contribution is -2.17. The van der Waals surface area contributed by atoms with Crippen LogP contribution in [0, 0.1) is 0 Å². The maximum atomic E-state index is 10.2. The van der Waals surface area contributed by atoms with Gasteiger partial charge in [-0.05, 0) is 13.1 Å². The topological polar surface area (TPSA) is 53.7 Å². The van der Waals surface area contributed by atoms with Gasteiger partial charge in [0.15, 0.2) is 0 Å². The van der Waals surface area contributed by atoms with Crippen molar-refractivity contribution in [3.05, 3.63) is 36.3 Å². The highest BCUT2D eigenvalue weighted by molar-refractivity contribution is 5.79. The molecule has 0 saturated heterocycles. The van der Waals surface area contributed by atoms with Gasteiger partial charge in [0.2, 0.25) is 0 Å². The molecule has 1 N–H and O–H groups in total. The van der Waals surface area contributed by atoms with E-state index >= 15 is 0 Å². The zero-order chi connectivity index (χ0) is 10.4. The second-order valence-corrected chi connectivity index (χ2v) is 3.07. The molecule has 14 heavy (non-hydrogen) atoms. The molecule has 0 atom stereocenters. The van der Waals surface area contributed by atoms with E-state index in [0.29, 0.717) is 6.54 Å². The van der Waals surface area contributed by atoms with Gasteiger partial charge in [0.1, 0.15) is 0 Å². The number of likely N-dealkylation sites (N-methyl/N-ethyl adjacent to an activating group) is 1. The molecule has 4 nitrogen and oxygen atoms in total. The Kier molecular flexibility index (Phi) is 3.94. The average molecular weight is 195 g/mol. The van der Waals surface area contributed by atoms with E-state index in [4.69, 9.17) is 9.52 Å².